The van der Waals surface area contributed by atoms with Crippen LogP contribution >= 0.6 is 0 Å². The lowest BCUT2D eigenvalue weighted by atomic mass is 10.2. The van der Waals surface area contributed by atoms with Gasteiger partial charge in [0.2, 0.25) is 0 Å². The molecule has 4 nitrogen and oxygen atoms in total. The maximum Gasteiger partial charge on any atom is 0.288 e. The third kappa shape index (κ3) is 1.46. The minimum atomic E-state index is -0.633. The van der Waals surface area contributed by atoms with Gasteiger partial charge in [0.05, 0.1) is 5.39 Å². The third-order valence-corrected chi connectivity index (χ3v) is 2.93. The van der Waals surface area contributed by atoms with Crippen molar-refractivity contribution in [3.63, 3.8) is 0 Å². The normalized spacial score (nSPS) is 12.9. The Morgan fingerprint density at radius 3 is 2.86 bits per heavy atom. The van der Waals surface area contributed by atoms with E-state index in [1.54, 1.807) is 24.5 Å². The Bertz CT molecular complexity index is 564. The lowest BCUT2D eigenvalue weighted by molar-refractivity contribution is 0.820. The van der Waals surface area contributed by atoms with Gasteiger partial charge in [-0.3, -0.25) is 4.79 Å². The van der Waals surface area contributed by atoms with Crippen LogP contribution in [0.15, 0.2) is 29.1 Å². The molecule has 2 aromatic rings. The summed E-state index contributed by atoms with van der Waals surface area (Å²) < 4.78 is 1.23. The summed E-state index contributed by atoms with van der Waals surface area (Å²) in [7, 11) is -0.633. The molecule has 14 heavy (non-hydrogen) atoms. The standard InChI is InChI=1S/C8H7N3OS2/c1-14(13)11-8(12)6-4-2-3-5-7(6)9-10-11/h2-5H,1H3. The van der Waals surface area contributed by atoms with Gasteiger partial charge in [-0.25, -0.2) is 0 Å². The van der Waals surface area contributed by atoms with Crippen molar-refractivity contribution in [2.24, 2.45) is 0 Å². The monoisotopic (exact) mass is 225 g/mol. The molecule has 0 saturated carbocycles. The van der Waals surface area contributed by atoms with E-state index in [4.69, 9.17) is 11.2 Å². The van der Waals surface area contributed by atoms with E-state index in [1.165, 1.54) is 4.09 Å². The van der Waals surface area contributed by atoms with Crippen molar-refractivity contribution >= 4 is 31.7 Å². The smallest absolute Gasteiger partial charge is 0.266 e. The summed E-state index contributed by atoms with van der Waals surface area (Å²) in [6.45, 7) is 0. The van der Waals surface area contributed by atoms with E-state index < -0.39 is 9.64 Å². The number of fused-ring (bicyclic) bond motifs is 1. The number of hydrogen-bond donors (Lipinski definition) is 0. The molecule has 72 valence electrons. The van der Waals surface area contributed by atoms with E-state index >= 15 is 0 Å². The Morgan fingerprint density at radius 1 is 1.43 bits per heavy atom. The van der Waals surface area contributed by atoms with Crippen molar-refractivity contribution in [3.8, 4) is 0 Å². The molecule has 6 heteroatoms. The summed E-state index contributed by atoms with van der Waals surface area (Å²) >= 11 is 4.98. The van der Waals surface area contributed by atoms with Crippen molar-refractivity contribution in [3.05, 3.63) is 34.6 Å². The SMILES string of the molecule is CS(=S)n1nnc2ccccc2c1=O. The number of nitrogens with zero attached hydrogens (tertiary/aromatic N) is 3. The third-order valence-electron chi connectivity index (χ3n) is 1.79. The second-order valence-electron chi connectivity index (χ2n) is 2.71. The van der Waals surface area contributed by atoms with Crippen LogP contribution in [0.3, 0.4) is 0 Å². The average molecular weight is 225 g/mol. The van der Waals surface area contributed by atoms with Gasteiger partial charge in [-0.15, -0.1) is 9.19 Å². The Hall–Kier alpha value is -1.14. The molecule has 1 unspecified atom stereocenters. The lowest BCUT2D eigenvalue weighted by Gasteiger charge is -2.01. The van der Waals surface area contributed by atoms with Gasteiger partial charge in [-0.05, 0) is 33.0 Å². The highest BCUT2D eigenvalue weighted by Gasteiger charge is 2.04. The van der Waals surface area contributed by atoms with Gasteiger partial charge >= 0.3 is 0 Å². The summed E-state index contributed by atoms with van der Waals surface area (Å²) in [5.41, 5.74) is 0.436. The topological polar surface area (TPSA) is 47.8 Å². The maximum atomic E-state index is 11.8. The van der Waals surface area contributed by atoms with Crippen molar-refractivity contribution in [1.82, 2.24) is 14.4 Å². The van der Waals surface area contributed by atoms with Crippen LogP contribution in [0.5, 0.6) is 0 Å². The maximum absolute atomic E-state index is 11.8. The highest BCUT2D eigenvalue weighted by atomic mass is 32.8. The Labute approximate surface area is 87.3 Å². The molecule has 0 fully saturated rings. The van der Waals surface area contributed by atoms with E-state index in [1.807, 2.05) is 6.07 Å². The number of benzene rings is 1. The van der Waals surface area contributed by atoms with Crippen molar-refractivity contribution < 1.29 is 0 Å². The molecule has 0 aliphatic carbocycles. The minimum Gasteiger partial charge on any atom is -0.266 e. The van der Waals surface area contributed by atoms with E-state index in [-0.39, 0.29) is 5.56 Å². The molecular formula is C8H7N3OS2. The summed E-state index contributed by atoms with van der Waals surface area (Å²) in [4.78, 5) is 11.8. The van der Waals surface area contributed by atoms with Crippen molar-refractivity contribution in [2.45, 2.75) is 0 Å². The molecule has 0 N–H and O–H groups in total. The molecule has 1 aromatic carbocycles. The fraction of sp³-hybridized carbons (Fsp3) is 0.125. The molecule has 0 spiro atoms. The first-order valence-electron chi connectivity index (χ1n) is 3.89. The first kappa shape index (κ1) is 9.42. The van der Waals surface area contributed by atoms with Crippen LogP contribution in [0.4, 0.5) is 0 Å². The lowest BCUT2D eigenvalue weighted by Crippen LogP contribution is -2.25. The van der Waals surface area contributed by atoms with Crippen LogP contribution in [0.1, 0.15) is 0 Å². The van der Waals surface area contributed by atoms with Crippen LogP contribution in [-0.4, -0.2) is 20.7 Å². The van der Waals surface area contributed by atoms with Gasteiger partial charge in [-0.1, -0.05) is 17.3 Å². The average Bonchev–Trinajstić information content (AvgIpc) is 2.18. The second kappa shape index (κ2) is 3.55. The zero-order chi connectivity index (χ0) is 10.1. The summed E-state index contributed by atoms with van der Waals surface area (Å²) in [6.07, 6.45) is 1.75. The van der Waals surface area contributed by atoms with Gasteiger partial charge in [0.15, 0.2) is 0 Å². The summed E-state index contributed by atoms with van der Waals surface area (Å²) in [5, 5.41) is 8.25. The van der Waals surface area contributed by atoms with E-state index in [2.05, 4.69) is 10.3 Å². The zero-order valence-corrected chi connectivity index (χ0v) is 9.01. The summed E-state index contributed by atoms with van der Waals surface area (Å²) in [6, 6.07) is 7.10. The Balaban J connectivity index is 2.89. The Morgan fingerprint density at radius 2 is 2.14 bits per heavy atom. The van der Waals surface area contributed by atoms with Crippen LogP contribution < -0.4 is 5.56 Å². The minimum absolute atomic E-state index is 0.170. The van der Waals surface area contributed by atoms with Crippen LogP contribution in [0.2, 0.25) is 0 Å². The largest absolute Gasteiger partial charge is 0.288 e. The van der Waals surface area contributed by atoms with Gasteiger partial charge in [0.25, 0.3) is 5.56 Å². The molecule has 1 atom stereocenters. The van der Waals surface area contributed by atoms with Gasteiger partial charge in [0, 0.05) is 6.26 Å². The second-order valence-corrected chi connectivity index (χ2v) is 5.35. The summed E-state index contributed by atoms with van der Waals surface area (Å²) in [5.74, 6) is 0. The van der Waals surface area contributed by atoms with Gasteiger partial charge in [0.1, 0.15) is 5.52 Å². The molecular weight excluding hydrogens is 218 g/mol. The quantitative estimate of drug-likeness (QED) is 0.698. The fourth-order valence-electron chi connectivity index (χ4n) is 1.14. The highest BCUT2D eigenvalue weighted by Crippen LogP contribution is 2.03. The molecule has 2 rings (SSSR count). The molecule has 0 radical (unpaired) electrons. The van der Waals surface area contributed by atoms with Gasteiger partial charge < -0.3 is 0 Å². The van der Waals surface area contributed by atoms with E-state index in [0.717, 1.165) is 0 Å². The predicted octanol–water partition coefficient (Wildman–Crippen LogP) is 0.265. The predicted molar refractivity (Wildman–Crippen MR) is 59.9 cm³/mol. The van der Waals surface area contributed by atoms with E-state index in [9.17, 15) is 4.79 Å². The molecule has 0 bridgehead atoms. The Kier molecular flexibility index (Phi) is 2.39. The van der Waals surface area contributed by atoms with Crippen molar-refractivity contribution in [1.29, 1.82) is 0 Å². The van der Waals surface area contributed by atoms with Crippen molar-refractivity contribution in [2.75, 3.05) is 6.26 Å². The van der Waals surface area contributed by atoms with Gasteiger partial charge in [-0.2, -0.15) is 0 Å². The fourth-order valence-corrected chi connectivity index (χ4v) is 1.91. The molecule has 1 aromatic heterocycles. The molecule has 1 heterocycles. The van der Waals surface area contributed by atoms with Crippen LogP contribution in [0.25, 0.3) is 10.9 Å². The molecule has 0 amide bonds. The molecule has 0 aliphatic rings. The number of hydrogen-bond acceptors (Lipinski definition) is 4. The highest BCUT2D eigenvalue weighted by molar-refractivity contribution is 8.27. The first-order chi connectivity index (χ1) is 6.70. The number of rotatable bonds is 1. The molecule has 0 aliphatic heterocycles. The zero-order valence-electron chi connectivity index (χ0n) is 7.38. The number of aromatic nitrogens is 3. The van der Waals surface area contributed by atoms with Crippen LogP contribution in [0, 0.1) is 0 Å². The first-order valence-corrected chi connectivity index (χ1v) is 6.40. The molecule has 0 saturated heterocycles. The van der Waals surface area contributed by atoms with E-state index in [0.29, 0.717) is 10.9 Å². The van der Waals surface area contributed by atoms with Crippen LogP contribution in [-0.2, 0) is 20.8 Å².